The van der Waals surface area contributed by atoms with E-state index >= 15 is 0 Å². The van der Waals surface area contributed by atoms with Crippen molar-refractivity contribution in [2.45, 2.75) is 13.8 Å². The van der Waals surface area contributed by atoms with Gasteiger partial charge in [-0.1, -0.05) is 12.2 Å². The van der Waals surface area contributed by atoms with Gasteiger partial charge in [-0.2, -0.15) is 5.10 Å². The Morgan fingerprint density at radius 2 is 1.97 bits per heavy atom. The molecular formula is C25H20N6OS. The van der Waals surface area contributed by atoms with Gasteiger partial charge in [-0.3, -0.25) is 24.9 Å². The van der Waals surface area contributed by atoms with Gasteiger partial charge in [0.2, 0.25) is 0 Å². The van der Waals surface area contributed by atoms with Crippen LogP contribution in [0.15, 0.2) is 66.1 Å². The lowest BCUT2D eigenvalue weighted by Crippen LogP contribution is -1.87. The third-order valence-electron chi connectivity index (χ3n) is 5.31. The third kappa shape index (κ3) is 3.70. The van der Waals surface area contributed by atoms with Gasteiger partial charge in [0.1, 0.15) is 5.69 Å². The summed E-state index contributed by atoms with van der Waals surface area (Å²) in [4.78, 5) is 29.9. The number of hydrogen-bond donors (Lipinski definition) is 2. The molecule has 7 nitrogen and oxygen atoms in total. The van der Waals surface area contributed by atoms with Crippen molar-refractivity contribution >= 4 is 51.2 Å². The van der Waals surface area contributed by atoms with Crippen molar-refractivity contribution in [3.8, 4) is 22.0 Å². The lowest BCUT2D eigenvalue weighted by atomic mass is 10.1. The molecule has 0 saturated heterocycles. The number of aromatic nitrogens is 5. The monoisotopic (exact) mass is 452 g/mol. The lowest BCUT2D eigenvalue weighted by Gasteiger charge is -2.01. The first-order chi connectivity index (χ1) is 16.1. The Bertz CT molecular complexity index is 1580. The highest BCUT2D eigenvalue weighted by Gasteiger charge is 2.16. The second kappa shape index (κ2) is 8.40. The molecule has 0 atom stereocenters. The molecule has 0 bridgehead atoms. The molecule has 5 heterocycles. The van der Waals surface area contributed by atoms with E-state index in [9.17, 15) is 4.79 Å². The second-order valence-corrected chi connectivity index (χ2v) is 8.56. The molecule has 0 fully saturated rings. The normalized spacial score (nSPS) is 12.2. The number of Topliss-reactive ketones (excluding diaryl/α,β-unsaturated/α-hetero) is 1. The van der Waals surface area contributed by atoms with E-state index in [1.54, 1.807) is 25.5 Å². The molecule has 0 saturated carbocycles. The number of fused-ring (bicyclic) bond motifs is 2. The Kier molecular flexibility index (Phi) is 5.27. The minimum absolute atomic E-state index is 0.0542. The molecule has 0 aliphatic rings. The molecule has 2 N–H and O–H groups in total. The minimum atomic E-state index is 0.0542. The molecule has 5 aromatic heterocycles. The highest BCUT2D eigenvalue weighted by molar-refractivity contribution is 7.17. The fourth-order valence-electron chi connectivity index (χ4n) is 3.78. The van der Waals surface area contributed by atoms with Gasteiger partial charge in [0.15, 0.2) is 5.78 Å². The largest absolute Gasteiger partial charge is 0.353 e. The third-order valence-corrected chi connectivity index (χ3v) is 6.50. The van der Waals surface area contributed by atoms with Gasteiger partial charge in [0, 0.05) is 34.3 Å². The van der Waals surface area contributed by atoms with Crippen molar-refractivity contribution in [2.24, 2.45) is 4.99 Å². The van der Waals surface area contributed by atoms with Crippen molar-refractivity contribution < 1.29 is 4.79 Å². The molecular weight excluding hydrogens is 432 g/mol. The average Bonchev–Trinajstić information content (AvgIpc) is 3.55. The predicted molar refractivity (Wildman–Crippen MR) is 135 cm³/mol. The van der Waals surface area contributed by atoms with Crippen LogP contribution < -0.4 is 0 Å². The highest BCUT2D eigenvalue weighted by atomic mass is 32.1. The molecule has 33 heavy (non-hydrogen) atoms. The zero-order valence-corrected chi connectivity index (χ0v) is 18.9. The number of carbonyl (C=O) groups excluding carboxylic acids is 1. The summed E-state index contributed by atoms with van der Waals surface area (Å²) in [6.07, 6.45) is 9.11. The van der Waals surface area contributed by atoms with Crippen LogP contribution in [-0.4, -0.2) is 37.7 Å². The number of thiophene rings is 1. The molecule has 0 spiro atoms. The van der Waals surface area contributed by atoms with Gasteiger partial charge in [0.05, 0.1) is 38.5 Å². The number of hydrogen-bond acceptors (Lipinski definition) is 6. The number of carbonyl (C=O) groups is 1. The summed E-state index contributed by atoms with van der Waals surface area (Å²) in [5.74, 6) is 0.0542. The topological polar surface area (TPSA) is 99.7 Å². The molecule has 5 aromatic rings. The van der Waals surface area contributed by atoms with E-state index in [4.69, 9.17) is 0 Å². The van der Waals surface area contributed by atoms with E-state index in [0.717, 1.165) is 59.9 Å². The van der Waals surface area contributed by atoms with E-state index in [1.165, 1.54) is 11.3 Å². The molecule has 5 rings (SSSR count). The molecule has 0 amide bonds. The number of nitrogens with one attached hydrogen (secondary N) is 2. The Labute approximate surface area is 193 Å². The van der Waals surface area contributed by atoms with Crippen LogP contribution in [-0.2, 0) is 0 Å². The summed E-state index contributed by atoms with van der Waals surface area (Å²) in [6, 6.07) is 9.77. The summed E-state index contributed by atoms with van der Waals surface area (Å²) in [7, 11) is 0. The maximum Gasteiger partial charge on any atom is 0.169 e. The maximum absolute atomic E-state index is 11.7. The summed E-state index contributed by atoms with van der Waals surface area (Å²) in [6.45, 7) is 7.08. The zero-order valence-electron chi connectivity index (χ0n) is 18.1. The molecule has 8 heteroatoms. The van der Waals surface area contributed by atoms with Crippen LogP contribution in [0.2, 0.25) is 0 Å². The molecule has 0 aliphatic heterocycles. The van der Waals surface area contributed by atoms with Crippen LogP contribution in [0.5, 0.6) is 0 Å². The first-order valence-electron chi connectivity index (χ1n) is 10.3. The number of ketones is 1. The smallest absolute Gasteiger partial charge is 0.169 e. The SMILES string of the molecule is C=N/C=C(\C=C/C)c1cc2c(-c3cc4c(-c5ccc(C(C)=O)s5)nccc4[nH]3)n[nH]c2cn1. The first kappa shape index (κ1) is 20.7. The number of H-pyrrole nitrogens is 2. The number of allylic oxidation sites excluding steroid dienone is 3. The number of rotatable bonds is 6. The number of aromatic amines is 2. The van der Waals surface area contributed by atoms with Crippen LogP contribution in [0.4, 0.5) is 0 Å². The van der Waals surface area contributed by atoms with E-state index in [2.05, 4.69) is 42.9 Å². The molecule has 0 radical (unpaired) electrons. The second-order valence-electron chi connectivity index (χ2n) is 7.48. The Morgan fingerprint density at radius 1 is 1.12 bits per heavy atom. The summed E-state index contributed by atoms with van der Waals surface area (Å²) in [5.41, 5.74) is 5.92. The van der Waals surface area contributed by atoms with Crippen molar-refractivity contribution in [1.29, 1.82) is 0 Å². The van der Waals surface area contributed by atoms with E-state index in [-0.39, 0.29) is 5.78 Å². The van der Waals surface area contributed by atoms with Crippen molar-refractivity contribution in [1.82, 2.24) is 25.1 Å². The van der Waals surface area contributed by atoms with Gasteiger partial charge in [0.25, 0.3) is 0 Å². The van der Waals surface area contributed by atoms with Gasteiger partial charge >= 0.3 is 0 Å². The van der Waals surface area contributed by atoms with Crippen molar-refractivity contribution in [3.05, 3.63) is 71.6 Å². The Hall–Kier alpha value is -4.17. The van der Waals surface area contributed by atoms with Crippen LogP contribution in [0, 0.1) is 0 Å². The van der Waals surface area contributed by atoms with Crippen molar-refractivity contribution in [3.63, 3.8) is 0 Å². The Balaban J connectivity index is 1.64. The highest BCUT2D eigenvalue weighted by Crippen LogP contribution is 2.36. The molecule has 0 aliphatic carbocycles. The fraction of sp³-hybridized carbons (Fsp3) is 0.0800. The lowest BCUT2D eigenvalue weighted by molar-refractivity contribution is 0.102. The van der Waals surface area contributed by atoms with Crippen molar-refractivity contribution in [2.75, 3.05) is 0 Å². The zero-order chi connectivity index (χ0) is 22.9. The maximum atomic E-state index is 11.7. The van der Waals surface area contributed by atoms with Crippen LogP contribution >= 0.6 is 11.3 Å². The number of nitrogens with zero attached hydrogens (tertiary/aromatic N) is 4. The Morgan fingerprint density at radius 3 is 2.73 bits per heavy atom. The van der Waals surface area contributed by atoms with Crippen LogP contribution in [0.1, 0.15) is 29.2 Å². The van der Waals surface area contributed by atoms with E-state index in [1.807, 2.05) is 43.3 Å². The number of pyridine rings is 2. The summed E-state index contributed by atoms with van der Waals surface area (Å²) >= 11 is 1.45. The van der Waals surface area contributed by atoms with Gasteiger partial charge in [-0.25, -0.2) is 0 Å². The number of aliphatic imine (C=N–C) groups is 1. The van der Waals surface area contributed by atoms with Gasteiger partial charge in [-0.05, 0) is 50.9 Å². The van der Waals surface area contributed by atoms with E-state index < -0.39 is 0 Å². The van der Waals surface area contributed by atoms with Crippen LogP contribution in [0.25, 0.3) is 49.3 Å². The quantitative estimate of drug-likeness (QED) is 0.186. The standard InChI is InChI=1S/C25H20N6OS/c1-4-5-15(12-26-3)19-10-17-21(13-28-19)30-31-24(17)20-11-16-18(29-20)8-9-27-25(16)23-7-6-22(33-23)14(2)32/h4-13,29H,3H2,1-2H3,(H,30,31)/b5-4-,15-12+. The fourth-order valence-corrected chi connectivity index (χ4v) is 4.70. The summed E-state index contributed by atoms with van der Waals surface area (Å²) < 4.78 is 0. The van der Waals surface area contributed by atoms with Gasteiger partial charge in [-0.15, -0.1) is 11.3 Å². The minimum Gasteiger partial charge on any atom is -0.353 e. The van der Waals surface area contributed by atoms with Gasteiger partial charge < -0.3 is 4.98 Å². The predicted octanol–water partition coefficient (Wildman–Crippen LogP) is 6.05. The van der Waals surface area contributed by atoms with Crippen LogP contribution in [0.3, 0.4) is 0 Å². The van der Waals surface area contributed by atoms with E-state index in [0.29, 0.717) is 0 Å². The molecule has 0 unspecified atom stereocenters. The first-order valence-corrected chi connectivity index (χ1v) is 11.1. The summed E-state index contributed by atoms with van der Waals surface area (Å²) in [5, 5.41) is 9.53. The molecule has 162 valence electrons. The average molecular weight is 453 g/mol. The molecule has 0 aromatic carbocycles.